The van der Waals surface area contributed by atoms with E-state index in [0.29, 0.717) is 29.0 Å². The van der Waals surface area contributed by atoms with Crippen molar-refractivity contribution in [2.45, 2.75) is 6.92 Å². The van der Waals surface area contributed by atoms with Crippen molar-refractivity contribution in [2.75, 3.05) is 10.6 Å². The SMILES string of the molecule is Cc1nc(Oc2ccc(NC(=O)Nc3ccccc3F)cc2)cc(-n2cccc2)n1. The van der Waals surface area contributed by atoms with Crippen LogP contribution in [0.2, 0.25) is 0 Å². The fourth-order valence-electron chi connectivity index (χ4n) is 2.77. The smallest absolute Gasteiger partial charge is 0.323 e. The molecule has 2 heterocycles. The summed E-state index contributed by atoms with van der Waals surface area (Å²) in [5.41, 5.74) is 0.635. The summed E-state index contributed by atoms with van der Waals surface area (Å²) in [4.78, 5) is 20.8. The summed E-state index contributed by atoms with van der Waals surface area (Å²) < 4.78 is 21.3. The Labute approximate surface area is 172 Å². The second-order valence-electron chi connectivity index (χ2n) is 6.39. The van der Waals surface area contributed by atoms with Crippen molar-refractivity contribution in [2.24, 2.45) is 0 Å². The van der Waals surface area contributed by atoms with E-state index in [1.54, 1.807) is 49.4 Å². The Hall–Kier alpha value is -4.20. The number of anilines is 2. The van der Waals surface area contributed by atoms with E-state index >= 15 is 0 Å². The molecule has 0 saturated heterocycles. The van der Waals surface area contributed by atoms with Crippen molar-refractivity contribution in [3.63, 3.8) is 0 Å². The molecular formula is C22H18FN5O2. The van der Waals surface area contributed by atoms with Gasteiger partial charge in [0.25, 0.3) is 0 Å². The lowest BCUT2D eigenvalue weighted by Crippen LogP contribution is -2.20. The summed E-state index contributed by atoms with van der Waals surface area (Å²) in [7, 11) is 0. The number of carbonyl (C=O) groups excluding carboxylic acids is 1. The Morgan fingerprint density at radius 1 is 0.967 bits per heavy atom. The highest BCUT2D eigenvalue weighted by molar-refractivity contribution is 5.99. The molecule has 150 valence electrons. The standard InChI is InChI=1S/C22H18FN5O2/c1-15-24-20(28-12-4-5-13-28)14-21(25-15)30-17-10-8-16(9-11-17)26-22(29)27-19-7-3-2-6-18(19)23/h2-14H,1H3,(H2,26,27,29). The van der Waals surface area contributed by atoms with E-state index in [2.05, 4.69) is 20.6 Å². The van der Waals surface area contributed by atoms with E-state index in [9.17, 15) is 9.18 Å². The largest absolute Gasteiger partial charge is 0.439 e. The number of carbonyl (C=O) groups is 1. The molecule has 0 atom stereocenters. The molecule has 0 saturated carbocycles. The Morgan fingerprint density at radius 2 is 1.70 bits per heavy atom. The number of amides is 2. The first-order chi connectivity index (χ1) is 14.6. The average molecular weight is 403 g/mol. The molecule has 2 N–H and O–H groups in total. The van der Waals surface area contributed by atoms with Gasteiger partial charge in [0.1, 0.15) is 23.2 Å². The molecule has 0 fully saturated rings. The number of halogens is 1. The van der Waals surface area contributed by atoms with Gasteiger partial charge < -0.3 is 19.9 Å². The predicted molar refractivity (Wildman–Crippen MR) is 112 cm³/mol. The monoisotopic (exact) mass is 403 g/mol. The van der Waals surface area contributed by atoms with Crippen LogP contribution in [0.1, 0.15) is 5.82 Å². The minimum atomic E-state index is -0.545. The van der Waals surface area contributed by atoms with Crippen LogP contribution in [0.25, 0.3) is 5.82 Å². The molecule has 30 heavy (non-hydrogen) atoms. The summed E-state index contributed by atoms with van der Waals surface area (Å²) in [6.07, 6.45) is 3.77. The third-order valence-electron chi connectivity index (χ3n) is 4.13. The Bertz CT molecular complexity index is 1160. The molecule has 0 spiro atoms. The summed E-state index contributed by atoms with van der Waals surface area (Å²) in [5.74, 6) is 1.73. The number of aromatic nitrogens is 3. The quantitative estimate of drug-likeness (QED) is 0.483. The second-order valence-corrected chi connectivity index (χ2v) is 6.39. The highest BCUT2D eigenvalue weighted by atomic mass is 19.1. The summed E-state index contributed by atoms with van der Waals surface area (Å²) in [6, 6.07) is 17.7. The zero-order chi connectivity index (χ0) is 20.9. The van der Waals surface area contributed by atoms with Gasteiger partial charge >= 0.3 is 6.03 Å². The van der Waals surface area contributed by atoms with Crippen LogP contribution in [0, 0.1) is 12.7 Å². The maximum Gasteiger partial charge on any atom is 0.323 e. The van der Waals surface area contributed by atoms with Crippen molar-refractivity contribution < 1.29 is 13.9 Å². The van der Waals surface area contributed by atoms with E-state index in [0.717, 1.165) is 0 Å². The molecule has 2 amide bonds. The fourth-order valence-corrected chi connectivity index (χ4v) is 2.77. The molecule has 0 bridgehead atoms. The molecule has 0 aliphatic heterocycles. The molecule has 7 nitrogen and oxygen atoms in total. The van der Waals surface area contributed by atoms with Crippen LogP contribution in [0.3, 0.4) is 0 Å². The van der Waals surface area contributed by atoms with E-state index in [-0.39, 0.29) is 5.69 Å². The topological polar surface area (TPSA) is 81.1 Å². The van der Waals surface area contributed by atoms with Crippen LogP contribution in [0.4, 0.5) is 20.6 Å². The van der Waals surface area contributed by atoms with Crippen LogP contribution in [0.5, 0.6) is 11.6 Å². The Morgan fingerprint density at radius 3 is 2.43 bits per heavy atom. The maximum absolute atomic E-state index is 13.6. The average Bonchev–Trinajstić information content (AvgIpc) is 3.26. The van der Waals surface area contributed by atoms with E-state index in [1.165, 1.54) is 12.1 Å². The summed E-state index contributed by atoms with van der Waals surface area (Å²) in [5, 5.41) is 5.11. The third kappa shape index (κ3) is 4.61. The molecule has 0 radical (unpaired) electrons. The number of ether oxygens (including phenoxy) is 1. The highest BCUT2D eigenvalue weighted by Gasteiger charge is 2.08. The number of aryl methyl sites for hydroxylation is 1. The normalized spacial score (nSPS) is 10.5. The number of para-hydroxylation sites is 1. The van der Waals surface area contributed by atoms with Gasteiger partial charge in [0, 0.05) is 24.1 Å². The number of hydrogen-bond donors (Lipinski definition) is 2. The van der Waals surface area contributed by atoms with E-state index in [1.807, 2.05) is 29.1 Å². The number of hydrogen-bond acceptors (Lipinski definition) is 4. The van der Waals surface area contributed by atoms with Crippen LogP contribution in [0.15, 0.2) is 79.1 Å². The maximum atomic E-state index is 13.6. The van der Waals surface area contributed by atoms with Gasteiger partial charge in [0.2, 0.25) is 5.88 Å². The first-order valence-corrected chi connectivity index (χ1v) is 9.16. The molecule has 2 aromatic carbocycles. The Kier molecular flexibility index (Phi) is 5.38. The van der Waals surface area contributed by atoms with E-state index in [4.69, 9.17) is 4.74 Å². The molecule has 4 rings (SSSR count). The van der Waals surface area contributed by atoms with Crippen LogP contribution >= 0.6 is 0 Å². The lowest BCUT2D eigenvalue weighted by atomic mass is 10.3. The van der Waals surface area contributed by atoms with Gasteiger partial charge in [-0.3, -0.25) is 0 Å². The van der Waals surface area contributed by atoms with Gasteiger partial charge in [-0.15, -0.1) is 0 Å². The first-order valence-electron chi connectivity index (χ1n) is 9.16. The van der Waals surface area contributed by atoms with Crippen LogP contribution in [-0.2, 0) is 0 Å². The number of rotatable bonds is 5. The van der Waals surface area contributed by atoms with Crippen molar-refractivity contribution in [1.29, 1.82) is 0 Å². The van der Waals surface area contributed by atoms with Gasteiger partial charge in [-0.05, 0) is 55.5 Å². The van der Waals surface area contributed by atoms with Crippen molar-refractivity contribution in [1.82, 2.24) is 14.5 Å². The minimum absolute atomic E-state index is 0.104. The first kappa shape index (κ1) is 19.1. The zero-order valence-electron chi connectivity index (χ0n) is 16.0. The summed E-state index contributed by atoms with van der Waals surface area (Å²) >= 11 is 0. The van der Waals surface area contributed by atoms with Gasteiger partial charge in [-0.25, -0.2) is 14.2 Å². The molecular weight excluding hydrogens is 385 g/mol. The lowest BCUT2D eigenvalue weighted by molar-refractivity contribution is 0.262. The highest BCUT2D eigenvalue weighted by Crippen LogP contribution is 2.23. The van der Waals surface area contributed by atoms with Gasteiger partial charge in [0.15, 0.2) is 0 Å². The summed E-state index contributed by atoms with van der Waals surface area (Å²) in [6.45, 7) is 1.79. The number of benzene rings is 2. The van der Waals surface area contributed by atoms with Crippen molar-refractivity contribution >= 4 is 17.4 Å². The van der Waals surface area contributed by atoms with Gasteiger partial charge in [-0.1, -0.05) is 12.1 Å². The minimum Gasteiger partial charge on any atom is -0.439 e. The molecule has 0 unspecified atom stereocenters. The molecule has 0 aliphatic carbocycles. The third-order valence-corrected chi connectivity index (χ3v) is 4.13. The van der Waals surface area contributed by atoms with Crippen molar-refractivity contribution in [3.05, 3.63) is 90.8 Å². The number of urea groups is 1. The molecule has 4 aromatic rings. The van der Waals surface area contributed by atoms with Crippen molar-refractivity contribution in [3.8, 4) is 17.4 Å². The molecule has 2 aromatic heterocycles. The zero-order valence-corrected chi connectivity index (χ0v) is 16.0. The number of nitrogens with one attached hydrogen (secondary N) is 2. The lowest BCUT2D eigenvalue weighted by Gasteiger charge is -2.10. The second kappa shape index (κ2) is 8.44. The van der Waals surface area contributed by atoms with Crippen LogP contribution in [-0.4, -0.2) is 20.6 Å². The van der Waals surface area contributed by atoms with Crippen LogP contribution < -0.4 is 15.4 Å². The Balaban J connectivity index is 1.42. The van der Waals surface area contributed by atoms with Gasteiger partial charge in [0.05, 0.1) is 5.69 Å². The number of nitrogens with zero attached hydrogens (tertiary/aromatic N) is 3. The predicted octanol–water partition coefficient (Wildman–Crippen LogP) is 5.15. The fraction of sp³-hybridized carbons (Fsp3) is 0.0455. The molecule has 0 aliphatic rings. The van der Waals surface area contributed by atoms with Gasteiger partial charge in [-0.2, -0.15) is 4.98 Å². The van der Waals surface area contributed by atoms with E-state index < -0.39 is 11.8 Å². The molecule has 8 heteroatoms.